The first-order valence-electron chi connectivity index (χ1n) is 4.99. The quantitative estimate of drug-likeness (QED) is 0.806. The van der Waals surface area contributed by atoms with E-state index in [0.29, 0.717) is 6.54 Å². The molecule has 3 nitrogen and oxygen atoms in total. The minimum absolute atomic E-state index is 0.561. The smallest absolute Gasteiger partial charge is 0.0568 e. The zero-order chi connectivity index (χ0) is 10.8. The Kier molecular flexibility index (Phi) is 2.56. The number of aryl methyl sites for hydroxylation is 2. The first-order valence-corrected chi connectivity index (χ1v) is 4.99. The molecule has 0 saturated carbocycles. The molecule has 0 amide bonds. The summed E-state index contributed by atoms with van der Waals surface area (Å²) < 4.78 is 1.80. The van der Waals surface area contributed by atoms with E-state index in [1.54, 1.807) is 4.68 Å². The fourth-order valence-electron chi connectivity index (χ4n) is 1.73. The number of hydrogen-bond acceptors (Lipinski definition) is 2. The van der Waals surface area contributed by atoms with Crippen LogP contribution in [0.4, 0.5) is 0 Å². The van der Waals surface area contributed by atoms with Crippen molar-refractivity contribution in [3.05, 3.63) is 41.7 Å². The maximum atomic E-state index is 5.74. The average Bonchev–Trinajstić information content (AvgIpc) is 2.64. The van der Waals surface area contributed by atoms with E-state index in [2.05, 4.69) is 30.2 Å². The van der Waals surface area contributed by atoms with Crippen LogP contribution in [0.25, 0.3) is 11.1 Å². The van der Waals surface area contributed by atoms with Gasteiger partial charge in [-0.25, -0.2) is 0 Å². The Morgan fingerprint density at radius 2 is 2.20 bits per heavy atom. The van der Waals surface area contributed by atoms with E-state index in [1.165, 1.54) is 16.7 Å². The summed E-state index contributed by atoms with van der Waals surface area (Å²) in [6.45, 7) is 2.64. The van der Waals surface area contributed by atoms with Crippen molar-refractivity contribution in [3.63, 3.8) is 0 Å². The molecule has 0 aliphatic heterocycles. The van der Waals surface area contributed by atoms with Gasteiger partial charge < -0.3 is 5.73 Å². The van der Waals surface area contributed by atoms with Crippen LogP contribution in [0, 0.1) is 6.92 Å². The fraction of sp³-hybridized carbons (Fsp3) is 0.250. The Bertz CT molecular complexity index is 471. The van der Waals surface area contributed by atoms with Crippen LogP contribution in [0.1, 0.15) is 11.1 Å². The number of nitrogens with two attached hydrogens (primary N) is 1. The normalized spacial score (nSPS) is 10.6. The van der Waals surface area contributed by atoms with Crippen molar-refractivity contribution >= 4 is 0 Å². The lowest BCUT2D eigenvalue weighted by Crippen LogP contribution is -1.99. The summed E-state index contributed by atoms with van der Waals surface area (Å²) in [6, 6.07) is 6.33. The fourth-order valence-corrected chi connectivity index (χ4v) is 1.73. The summed E-state index contributed by atoms with van der Waals surface area (Å²) in [4.78, 5) is 0. The molecule has 78 valence electrons. The van der Waals surface area contributed by atoms with Gasteiger partial charge in [-0.05, 0) is 18.1 Å². The Labute approximate surface area is 89.5 Å². The molecule has 2 N–H and O–H groups in total. The molecule has 0 atom stereocenters. The minimum atomic E-state index is 0.561. The number of hydrogen-bond donors (Lipinski definition) is 1. The largest absolute Gasteiger partial charge is 0.326 e. The van der Waals surface area contributed by atoms with Crippen molar-refractivity contribution in [2.45, 2.75) is 13.5 Å². The van der Waals surface area contributed by atoms with Crippen LogP contribution in [-0.4, -0.2) is 9.78 Å². The monoisotopic (exact) mass is 201 g/mol. The predicted molar refractivity (Wildman–Crippen MR) is 61.3 cm³/mol. The van der Waals surface area contributed by atoms with Gasteiger partial charge in [0.2, 0.25) is 0 Å². The second-order valence-corrected chi connectivity index (χ2v) is 3.77. The van der Waals surface area contributed by atoms with Crippen molar-refractivity contribution in [2.75, 3.05) is 0 Å². The lowest BCUT2D eigenvalue weighted by molar-refractivity contribution is 0.768. The van der Waals surface area contributed by atoms with Gasteiger partial charge in [-0.15, -0.1) is 0 Å². The number of aromatic nitrogens is 2. The Balaban J connectivity index is 2.52. The molecule has 0 aliphatic carbocycles. The zero-order valence-corrected chi connectivity index (χ0v) is 9.07. The summed E-state index contributed by atoms with van der Waals surface area (Å²) in [6.07, 6.45) is 3.87. The van der Waals surface area contributed by atoms with Crippen molar-refractivity contribution in [2.24, 2.45) is 12.8 Å². The van der Waals surface area contributed by atoms with E-state index in [9.17, 15) is 0 Å². The summed E-state index contributed by atoms with van der Waals surface area (Å²) in [5.41, 5.74) is 10.4. The highest BCUT2D eigenvalue weighted by Gasteiger charge is 2.05. The first-order chi connectivity index (χ1) is 7.20. The summed E-state index contributed by atoms with van der Waals surface area (Å²) in [7, 11) is 1.92. The highest BCUT2D eigenvalue weighted by atomic mass is 15.2. The molecule has 0 unspecified atom stereocenters. The minimum Gasteiger partial charge on any atom is -0.326 e. The van der Waals surface area contributed by atoms with Gasteiger partial charge in [-0.1, -0.05) is 23.8 Å². The Hall–Kier alpha value is -1.61. The van der Waals surface area contributed by atoms with E-state index in [4.69, 9.17) is 5.73 Å². The van der Waals surface area contributed by atoms with E-state index >= 15 is 0 Å². The molecule has 0 aliphatic rings. The molecule has 0 spiro atoms. The summed E-state index contributed by atoms with van der Waals surface area (Å²) >= 11 is 0. The summed E-state index contributed by atoms with van der Waals surface area (Å²) in [5.74, 6) is 0. The van der Waals surface area contributed by atoms with Gasteiger partial charge in [0, 0.05) is 25.4 Å². The standard InChI is InChI=1S/C12H15N3/c1-9-3-4-12(10(5-9)6-13)11-7-14-15(2)8-11/h3-5,7-8H,6,13H2,1-2H3. The third kappa shape index (κ3) is 1.92. The summed E-state index contributed by atoms with van der Waals surface area (Å²) in [5, 5.41) is 4.17. The van der Waals surface area contributed by atoms with Crippen LogP contribution in [0.2, 0.25) is 0 Å². The maximum absolute atomic E-state index is 5.74. The molecule has 0 bridgehead atoms. The van der Waals surface area contributed by atoms with Crippen molar-refractivity contribution in [3.8, 4) is 11.1 Å². The predicted octanol–water partition coefficient (Wildman–Crippen LogP) is 1.85. The second-order valence-electron chi connectivity index (χ2n) is 3.77. The Morgan fingerprint density at radius 1 is 1.40 bits per heavy atom. The lowest BCUT2D eigenvalue weighted by atomic mass is 10.0. The molecule has 0 saturated heterocycles. The Morgan fingerprint density at radius 3 is 2.80 bits per heavy atom. The lowest BCUT2D eigenvalue weighted by Gasteiger charge is -2.06. The molecular weight excluding hydrogens is 186 g/mol. The average molecular weight is 201 g/mol. The molecule has 0 fully saturated rings. The van der Waals surface area contributed by atoms with Crippen LogP contribution in [-0.2, 0) is 13.6 Å². The third-order valence-corrected chi connectivity index (χ3v) is 2.50. The molecule has 15 heavy (non-hydrogen) atoms. The van der Waals surface area contributed by atoms with E-state index < -0.39 is 0 Å². The number of nitrogens with zero attached hydrogens (tertiary/aromatic N) is 2. The molecule has 0 radical (unpaired) electrons. The van der Waals surface area contributed by atoms with Gasteiger partial charge in [0.05, 0.1) is 6.20 Å². The van der Waals surface area contributed by atoms with Crippen molar-refractivity contribution in [1.82, 2.24) is 9.78 Å². The third-order valence-electron chi connectivity index (χ3n) is 2.50. The van der Waals surface area contributed by atoms with Crippen LogP contribution in [0.15, 0.2) is 30.6 Å². The highest BCUT2D eigenvalue weighted by Crippen LogP contribution is 2.23. The maximum Gasteiger partial charge on any atom is 0.0568 e. The van der Waals surface area contributed by atoms with Crippen LogP contribution in [0.5, 0.6) is 0 Å². The van der Waals surface area contributed by atoms with Crippen molar-refractivity contribution in [1.29, 1.82) is 0 Å². The number of benzene rings is 1. The van der Waals surface area contributed by atoms with Gasteiger partial charge >= 0.3 is 0 Å². The molecule has 3 heteroatoms. The van der Waals surface area contributed by atoms with Gasteiger partial charge in [0.15, 0.2) is 0 Å². The molecule has 2 rings (SSSR count). The van der Waals surface area contributed by atoms with Gasteiger partial charge in [0.25, 0.3) is 0 Å². The molecular formula is C12H15N3. The molecule has 2 aromatic rings. The van der Waals surface area contributed by atoms with E-state index in [-0.39, 0.29) is 0 Å². The zero-order valence-electron chi connectivity index (χ0n) is 9.07. The second kappa shape index (κ2) is 3.87. The van der Waals surface area contributed by atoms with E-state index in [0.717, 1.165) is 5.56 Å². The number of rotatable bonds is 2. The van der Waals surface area contributed by atoms with Crippen LogP contribution >= 0.6 is 0 Å². The topological polar surface area (TPSA) is 43.8 Å². The van der Waals surface area contributed by atoms with Crippen molar-refractivity contribution < 1.29 is 0 Å². The van der Waals surface area contributed by atoms with E-state index in [1.807, 2.05) is 19.4 Å². The molecule has 1 aromatic heterocycles. The van der Waals surface area contributed by atoms with Crippen LogP contribution in [0.3, 0.4) is 0 Å². The molecule has 1 heterocycles. The van der Waals surface area contributed by atoms with Gasteiger partial charge in [-0.3, -0.25) is 4.68 Å². The SMILES string of the molecule is Cc1ccc(-c2cnn(C)c2)c(CN)c1. The molecule has 1 aromatic carbocycles. The van der Waals surface area contributed by atoms with Crippen LogP contribution < -0.4 is 5.73 Å². The van der Waals surface area contributed by atoms with Gasteiger partial charge in [-0.2, -0.15) is 5.10 Å². The first kappa shape index (κ1) is 9.93. The van der Waals surface area contributed by atoms with Gasteiger partial charge in [0.1, 0.15) is 0 Å². The highest BCUT2D eigenvalue weighted by molar-refractivity contribution is 5.66.